The Balaban J connectivity index is 1.50. The number of hydrogen-bond donors (Lipinski definition) is 1. The first-order chi connectivity index (χ1) is 17.6. The number of nitrogens with zero attached hydrogens (tertiary/aromatic N) is 4. The molecule has 2 aliphatic rings. The second-order valence-corrected chi connectivity index (χ2v) is 11.4. The van der Waals surface area contributed by atoms with Crippen LogP contribution >= 0.6 is 0 Å². The highest BCUT2D eigenvalue weighted by atomic mass is 19.4. The molecule has 1 aromatic heterocycles. The normalized spacial score (nSPS) is 20.5. The van der Waals surface area contributed by atoms with E-state index < -0.39 is 29.1 Å². The van der Waals surface area contributed by atoms with Gasteiger partial charge in [0.15, 0.2) is 0 Å². The molecular weight excluding hydrogens is 505 g/mol. The number of carbonyl (C=O) groups is 1. The van der Waals surface area contributed by atoms with Crippen molar-refractivity contribution in [1.82, 2.24) is 14.7 Å². The van der Waals surface area contributed by atoms with Crippen molar-refractivity contribution in [3.05, 3.63) is 46.6 Å². The first-order valence-corrected chi connectivity index (χ1v) is 13.0. The van der Waals surface area contributed by atoms with Crippen molar-refractivity contribution in [2.75, 3.05) is 31.1 Å². The summed E-state index contributed by atoms with van der Waals surface area (Å²) in [4.78, 5) is 17.4. The average molecular weight is 542 g/mol. The van der Waals surface area contributed by atoms with E-state index in [-0.39, 0.29) is 23.9 Å². The average Bonchev–Trinajstić information content (AvgIpc) is 3.28. The molecule has 6 nitrogen and oxygen atoms in total. The number of amides is 1. The van der Waals surface area contributed by atoms with Crippen molar-refractivity contribution in [1.29, 1.82) is 0 Å². The van der Waals surface area contributed by atoms with Gasteiger partial charge in [-0.1, -0.05) is 25.5 Å². The van der Waals surface area contributed by atoms with Gasteiger partial charge in [-0.2, -0.15) is 27.1 Å². The maximum absolute atomic E-state index is 14.4. The Bertz CT molecular complexity index is 1140. The Kier molecular flexibility index (Phi) is 7.55. The predicted octanol–water partition coefficient (Wildman–Crippen LogP) is 5.38. The van der Waals surface area contributed by atoms with Gasteiger partial charge >= 0.3 is 6.18 Å². The highest BCUT2D eigenvalue weighted by molar-refractivity contribution is 5.84. The number of nitrogens with two attached hydrogens (primary N) is 1. The van der Waals surface area contributed by atoms with Crippen molar-refractivity contribution in [2.24, 2.45) is 12.8 Å². The Morgan fingerprint density at radius 2 is 1.74 bits per heavy atom. The summed E-state index contributed by atoms with van der Waals surface area (Å²) in [5.74, 6) is -3.34. The van der Waals surface area contributed by atoms with Gasteiger partial charge in [0.25, 0.3) is 5.92 Å². The zero-order chi connectivity index (χ0) is 28.0. The minimum atomic E-state index is -4.45. The van der Waals surface area contributed by atoms with E-state index in [1.165, 1.54) is 16.8 Å². The van der Waals surface area contributed by atoms with E-state index in [2.05, 4.69) is 5.10 Å². The van der Waals surface area contributed by atoms with Gasteiger partial charge in [0.05, 0.1) is 11.5 Å². The van der Waals surface area contributed by atoms with Crippen LogP contribution in [0.25, 0.3) is 0 Å². The standard InChI is InChI=1S/C27H36F5N5O/c1-17-16-26(28,29)22-21(17)23(35(4)34-22)36-12-14-37(15-13-36)24(38)20(6-5-11-25(2,3)33)18-7-9-19(10-8-18)27(30,31)32/h7-10,17,20H,5-6,11-16,33H2,1-4H3/t17-,20?/m1/s1. The molecule has 1 fully saturated rings. The highest BCUT2D eigenvalue weighted by Crippen LogP contribution is 2.51. The monoisotopic (exact) mass is 541 g/mol. The second kappa shape index (κ2) is 10.1. The summed E-state index contributed by atoms with van der Waals surface area (Å²) < 4.78 is 69.6. The van der Waals surface area contributed by atoms with Crippen LogP contribution in [-0.2, 0) is 23.9 Å². The first kappa shape index (κ1) is 28.3. The molecule has 2 atom stereocenters. The van der Waals surface area contributed by atoms with Gasteiger partial charge in [0.2, 0.25) is 5.91 Å². The van der Waals surface area contributed by atoms with Crippen molar-refractivity contribution in [3.63, 3.8) is 0 Å². The van der Waals surface area contributed by atoms with Crippen molar-refractivity contribution < 1.29 is 26.7 Å². The SMILES string of the molecule is C[C@@H]1CC(F)(F)c2nn(C)c(N3CCN(C(=O)C(CCCC(C)(C)N)c4ccc(C(F)(F)F)cc4)CC3)c21. The van der Waals surface area contributed by atoms with E-state index in [1.807, 2.05) is 18.7 Å². The highest BCUT2D eigenvalue weighted by Gasteiger charge is 2.49. The third-order valence-electron chi connectivity index (χ3n) is 7.60. The molecule has 1 unspecified atom stereocenters. The van der Waals surface area contributed by atoms with Crippen LogP contribution < -0.4 is 10.6 Å². The fraction of sp³-hybridized carbons (Fsp3) is 0.630. The van der Waals surface area contributed by atoms with E-state index in [1.54, 1.807) is 18.9 Å². The van der Waals surface area contributed by atoms with Gasteiger partial charge in [-0.15, -0.1) is 0 Å². The summed E-state index contributed by atoms with van der Waals surface area (Å²) in [7, 11) is 1.66. The lowest BCUT2D eigenvalue weighted by Crippen LogP contribution is -2.50. The lowest BCUT2D eigenvalue weighted by molar-refractivity contribution is -0.137. The summed E-state index contributed by atoms with van der Waals surface area (Å²) >= 11 is 0. The van der Waals surface area contributed by atoms with Crippen LogP contribution in [0.15, 0.2) is 24.3 Å². The van der Waals surface area contributed by atoms with Crippen molar-refractivity contribution in [3.8, 4) is 0 Å². The van der Waals surface area contributed by atoms with Crippen LogP contribution in [0.1, 0.15) is 80.7 Å². The topological polar surface area (TPSA) is 67.4 Å². The molecule has 0 radical (unpaired) electrons. The lowest BCUT2D eigenvalue weighted by Gasteiger charge is -2.38. The van der Waals surface area contributed by atoms with E-state index >= 15 is 0 Å². The number of aryl methyl sites for hydroxylation is 1. The number of piperazine rings is 1. The van der Waals surface area contributed by atoms with Crippen LogP contribution in [0.3, 0.4) is 0 Å². The van der Waals surface area contributed by atoms with E-state index in [9.17, 15) is 26.7 Å². The number of alkyl halides is 5. The number of halogens is 5. The van der Waals surface area contributed by atoms with Gasteiger partial charge in [-0.3, -0.25) is 9.48 Å². The number of rotatable bonds is 7. The molecule has 0 spiro atoms. The third kappa shape index (κ3) is 5.82. The third-order valence-corrected chi connectivity index (χ3v) is 7.60. The van der Waals surface area contributed by atoms with Gasteiger partial charge in [-0.25, -0.2) is 0 Å². The number of fused-ring (bicyclic) bond motifs is 1. The molecule has 0 bridgehead atoms. The van der Waals surface area contributed by atoms with Crippen molar-refractivity contribution in [2.45, 2.75) is 75.9 Å². The maximum atomic E-state index is 14.4. The molecule has 4 rings (SSSR count). The molecule has 2 N–H and O–H groups in total. The molecule has 2 aromatic rings. The number of carbonyl (C=O) groups excluding carboxylic acids is 1. The zero-order valence-corrected chi connectivity index (χ0v) is 22.3. The van der Waals surface area contributed by atoms with Gasteiger partial charge in [0, 0.05) is 50.7 Å². The Morgan fingerprint density at radius 1 is 1.13 bits per heavy atom. The van der Waals surface area contributed by atoms with Crippen LogP contribution in [-0.4, -0.2) is 52.3 Å². The fourth-order valence-electron chi connectivity index (χ4n) is 5.67. The molecule has 1 amide bonds. The molecule has 11 heteroatoms. The summed E-state index contributed by atoms with van der Waals surface area (Å²) in [6, 6.07) is 4.80. The lowest BCUT2D eigenvalue weighted by atomic mass is 9.88. The summed E-state index contributed by atoms with van der Waals surface area (Å²) in [5.41, 5.74) is 5.88. The number of hydrogen-bond acceptors (Lipinski definition) is 4. The zero-order valence-electron chi connectivity index (χ0n) is 22.3. The summed E-state index contributed by atoms with van der Waals surface area (Å²) in [5, 5.41) is 4.12. The predicted molar refractivity (Wildman–Crippen MR) is 135 cm³/mol. The second-order valence-electron chi connectivity index (χ2n) is 11.4. The van der Waals surface area contributed by atoms with Crippen LogP contribution in [0.5, 0.6) is 0 Å². The van der Waals surface area contributed by atoms with Crippen LogP contribution in [0.4, 0.5) is 27.8 Å². The summed E-state index contributed by atoms with van der Waals surface area (Å²) in [6.07, 6.45) is -2.93. The van der Waals surface area contributed by atoms with Gasteiger partial charge < -0.3 is 15.5 Å². The van der Waals surface area contributed by atoms with Gasteiger partial charge in [0.1, 0.15) is 11.5 Å². The van der Waals surface area contributed by atoms with E-state index in [0.29, 0.717) is 62.4 Å². The Labute approximate surface area is 220 Å². The van der Waals surface area contributed by atoms with Crippen molar-refractivity contribution >= 4 is 11.7 Å². The maximum Gasteiger partial charge on any atom is 0.416 e. The van der Waals surface area contributed by atoms with E-state index in [0.717, 1.165) is 12.1 Å². The Hall–Kier alpha value is -2.69. The smallest absolute Gasteiger partial charge is 0.353 e. The number of anilines is 1. The molecule has 38 heavy (non-hydrogen) atoms. The quantitative estimate of drug-likeness (QED) is 0.478. The van der Waals surface area contributed by atoms with E-state index in [4.69, 9.17) is 5.73 Å². The van der Waals surface area contributed by atoms with Gasteiger partial charge in [-0.05, 0) is 50.3 Å². The molecule has 210 valence electrons. The largest absolute Gasteiger partial charge is 0.416 e. The molecular formula is C27H36F5N5O. The first-order valence-electron chi connectivity index (χ1n) is 13.0. The minimum absolute atomic E-state index is 0.144. The minimum Gasteiger partial charge on any atom is -0.353 e. The molecule has 1 aliphatic carbocycles. The molecule has 2 heterocycles. The van der Waals surface area contributed by atoms with Crippen LogP contribution in [0.2, 0.25) is 0 Å². The molecule has 1 aromatic carbocycles. The Morgan fingerprint density at radius 3 is 2.29 bits per heavy atom. The fourth-order valence-corrected chi connectivity index (χ4v) is 5.67. The number of benzene rings is 1. The summed E-state index contributed by atoms with van der Waals surface area (Å²) in [6.45, 7) is 7.23. The molecule has 1 saturated heterocycles. The number of aromatic nitrogens is 2. The molecule has 1 aliphatic heterocycles. The van der Waals surface area contributed by atoms with Crippen LogP contribution in [0, 0.1) is 0 Å². The molecule has 0 saturated carbocycles.